The normalized spacial score (nSPS) is 15.9. The van der Waals surface area contributed by atoms with E-state index < -0.39 is 11.8 Å². The summed E-state index contributed by atoms with van der Waals surface area (Å²) >= 11 is 1.48. The van der Waals surface area contributed by atoms with Crippen molar-refractivity contribution in [2.24, 2.45) is 0 Å². The molecule has 1 saturated heterocycles. The van der Waals surface area contributed by atoms with Gasteiger partial charge in [0.05, 0.1) is 27.2 Å². The Morgan fingerprint density at radius 3 is 2.55 bits per heavy atom. The number of benzene rings is 1. The minimum Gasteiger partial charge on any atom is -0.481 e. The molecule has 218 valence electrons. The van der Waals surface area contributed by atoms with E-state index in [2.05, 4.69) is 31.5 Å². The summed E-state index contributed by atoms with van der Waals surface area (Å²) in [7, 11) is 0. The van der Waals surface area contributed by atoms with Crippen molar-refractivity contribution in [2.75, 3.05) is 38.0 Å². The number of halogens is 1. The molecule has 4 aromatic rings. The van der Waals surface area contributed by atoms with Crippen molar-refractivity contribution in [1.29, 1.82) is 0 Å². The molecule has 12 heteroatoms. The van der Waals surface area contributed by atoms with Gasteiger partial charge in [-0.3, -0.25) is 19.7 Å². The molecule has 3 N–H and O–H groups in total. The summed E-state index contributed by atoms with van der Waals surface area (Å²) in [6.07, 6.45) is 5.63. The maximum Gasteiger partial charge on any atom is 0.319 e. The molecule has 42 heavy (non-hydrogen) atoms. The summed E-state index contributed by atoms with van der Waals surface area (Å²) in [5, 5.41) is 14.3. The first kappa shape index (κ1) is 28.0. The topological polar surface area (TPSA) is 120 Å². The van der Waals surface area contributed by atoms with E-state index in [1.54, 1.807) is 18.3 Å². The van der Waals surface area contributed by atoms with Gasteiger partial charge >= 0.3 is 12.0 Å². The SMILES string of the molecule is O=C(O)CCN1CCN(Cc2ccc(-c3cc4nccc(Oc5ccc(NC(=O)NC6CC6)cc5F)c4s3)nc2)CC1. The number of hydrogen-bond acceptors (Lipinski definition) is 8. The molecule has 0 radical (unpaired) electrons. The zero-order chi connectivity index (χ0) is 29.1. The zero-order valence-electron chi connectivity index (χ0n) is 22.9. The van der Waals surface area contributed by atoms with Gasteiger partial charge in [-0.25, -0.2) is 9.18 Å². The van der Waals surface area contributed by atoms with Crippen molar-refractivity contribution in [3.63, 3.8) is 0 Å². The fourth-order valence-electron chi connectivity index (χ4n) is 4.83. The van der Waals surface area contributed by atoms with Gasteiger partial charge in [-0.2, -0.15) is 0 Å². The second-order valence-electron chi connectivity index (χ2n) is 10.6. The number of anilines is 1. The van der Waals surface area contributed by atoms with Crippen LogP contribution in [-0.2, 0) is 11.3 Å². The van der Waals surface area contributed by atoms with Gasteiger partial charge in [-0.05, 0) is 42.7 Å². The van der Waals surface area contributed by atoms with Crippen LogP contribution in [0, 0.1) is 5.82 Å². The maximum absolute atomic E-state index is 14.9. The summed E-state index contributed by atoms with van der Waals surface area (Å²) in [4.78, 5) is 37.4. The van der Waals surface area contributed by atoms with E-state index in [1.807, 2.05) is 18.3 Å². The van der Waals surface area contributed by atoms with Gasteiger partial charge in [-0.1, -0.05) is 6.07 Å². The summed E-state index contributed by atoms with van der Waals surface area (Å²) in [5.74, 6) is -0.803. The fraction of sp³-hybridized carbons (Fsp3) is 0.333. The van der Waals surface area contributed by atoms with Gasteiger partial charge in [-0.15, -0.1) is 11.3 Å². The van der Waals surface area contributed by atoms with Crippen LogP contribution < -0.4 is 15.4 Å². The van der Waals surface area contributed by atoms with E-state index in [0.717, 1.165) is 71.9 Å². The van der Waals surface area contributed by atoms with Gasteiger partial charge in [0, 0.05) is 75.5 Å². The lowest BCUT2D eigenvalue weighted by Crippen LogP contribution is -2.46. The molecule has 1 aliphatic heterocycles. The summed E-state index contributed by atoms with van der Waals surface area (Å²) in [6.45, 7) is 4.89. The van der Waals surface area contributed by atoms with Gasteiger partial charge < -0.3 is 25.4 Å². The molecule has 1 aromatic carbocycles. The lowest BCUT2D eigenvalue weighted by atomic mass is 10.2. The van der Waals surface area contributed by atoms with E-state index in [9.17, 15) is 14.0 Å². The number of pyridine rings is 2. The first-order chi connectivity index (χ1) is 20.4. The standard InChI is InChI=1S/C30H31FN6O4S/c31-22-15-21(35-30(40)34-20-2-3-20)4-6-25(22)41-26-7-9-32-24-16-27(42-29(24)26)23-5-1-19(17-33-23)18-37-13-11-36(12-14-37)10-8-28(38)39/h1,4-7,9,15-17,20H,2-3,8,10-14,18H2,(H,38,39)(H2,34,35,40). The van der Waals surface area contributed by atoms with Gasteiger partial charge in [0.2, 0.25) is 0 Å². The number of fused-ring (bicyclic) bond motifs is 1. The number of nitrogens with one attached hydrogen (secondary N) is 2. The molecule has 10 nitrogen and oxygen atoms in total. The van der Waals surface area contributed by atoms with Crippen molar-refractivity contribution < 1.29 is 23.8 Å². The number of hydrogen-bond donors (Lipinski definition) is 3. The van der Waals surface area contributed by atoms with Crippen LogP contribution in [0.3, 0.4) is 0 Å². The molecule has 1 aliphatic carbocycles. The number of piperazine rings is 1. The second kappa shape index (κ2) is 12.4. The Kier molecular flexibility index (Phi) is 8.27. The zero-order valence-corrected chi connectivity index (χ0v) is 23.7. The average molecular weight is 591 g/mol. The Hall–Kier alpha value is -4.13. The van der Waals surface area contributed by atoms with E-state index in [0.29, 0.717) is 18.0 Å². The second-order valence-corrected chi connectivity index (χ2v) is 11.6. The highest BCUT2D eigenvalue weighted by Crippen LogP contribution is 2.39. The van der Waals surface area contributed by atoms with Crippen LogP contribution in [0.1, 0.15) is 24.8 Å². The first-order valence-electron chi connectivity index (χ1n) is 13.9. The van der Waals surface area contributed by atoms with Gasteiger partial charge in [0.25, 0.3) is 0 Å². The number of carbonyl (C=O) groups excluding carboxylic acids is 1. The molecule has 1 saturated carbocycles. The Morgan fingerprint density at radius 1 is 1.02 bits per heavy atom. The predicted octanol–water partition coefficient (Wildman–Crippen LogP) is 5.17. The van der Waals surface area contributed by atoms with Crippen molar-refractivity contribution in [1.82, 2.24) is 25.1 Å². The summed E-state index contributed by atoms with van der Waals surface area (Å²) in [5.41, 5.74) is 3.01. The number of urea groups is 1. The molecule has 2 aliphatic rings. The van der Waals surface area contributed by atoms with Crippen molar-refractivity contribution in [3.05, 3.63) is 66.2 Å². The van der Waals surface area contributed by atoms with E-state index in [-0.39, 0.29) is 24.2 Å². The third-order valence-corrected chi connectivity index (χ3v) is 8.45. The number of thiophene rings is 1. The summed E-state index contributed by atoms with van der Waals surface area (Å²) < 4.78 is 21.6. The van der Waals surface area contributed by atoms with Crippen LogP contribution in [0.2, 0.25) is 0 Å². The molecule has 0 unspecified atom stereocenters. The number of ether oxygens (including phenoxy) is 1. The number of carbonyl (C=O) groups is 2. The van der Waals surface area contributed by atoms with Gasteiger partial charge in [0.1, 0.15) is 5.75 Å². The first-order valence-corrected chi connectivity index (χ1v) is 14.8. The van der Waals surface area contributed by atoms with Crippen LogP contribution >= 0.6 is 11.3 Å². The predicted molar refractivity (Wildman–Crippen MR) is 158 cm³/mol. The smallest absolute Gasteiger partial charge is 0.319 e. The lowest BCUT2D eigenvalue weighted by molar-refractivity contribution is -0.137. The van der Waals surface area contributed by atoms with Crippen molar-refractivity contribution in [3.8, 4) is 22.1 Å². The van der Waals surface area contributed by atoms with E-state index in [1.165, 1.54) is 23.5 Å². The number of amides is 2. The highest BCUT2D eigenvalue weighted by molar-refractivity contribution is 7.22. The monoisotopic (exact) mass is 590 g/mol. The quantitative estimate of drug-likeness (QED) is 0.232. The number of carboxylic acids is 1. The van der Waals surface area contributed by atoms with Crippen LogP contribution in [0.15, 0.2) is 54.9 Å². The van der Waals surface area contributed by atoms with Crippen LogP contribution in [0.5, 0.6) is 11.5 Å². The lowest BCUT2D eigenvalue weighted by Gasteiger charge is -2.34. The molecular formula is C30H31FN6O4S. The molecule has 2 amide bonds. The number of aliphatic carboxylic acids is 1. The molecule has 0 atom stereocenters. The van der Waals surface area contributed by atoms with E-state index >= 15 is 0 Å². The molecule has 3 aromatic heterocycles. The molecule has 0 bridgehead atoms. The average Bonchev–Trinajstić information content (AvgIpc) is 3.68. The third-order valence-electron chi connectivity index (χ3n) is 7.29. The Labute approximate surface area is 246 Å². The Morgan fingerprint density at radius 2 is 1.83 bits per heavy atom. The van der Waals surface area contributed by atoms with Crippen LogP contribution in [-0.4, -0.2) is 75.6 Å². The van der Waals surface area contributed by atoms with E-state index in [4.69, 9.17) is 14.8 Å². The summed E-state index contributed by atoms with van der Waals surface area (Å²) in [6, 6.07) is 11.9. The molecule has 4 heterocycles. The number of aromatic nitrogens is 2. The minimum atomic E-state index is -0.759. The highest BCUT2D eigenvalue weighted by Gasteiger charge is 2.23. The number of carboxylic acid groups (broad SMARTS) is 1. The van der Waals surface area contributed by atoms with Crippen LogP contribution in [0.4, 0.5) is 14.9 Å². The largest absolute Gasteiger partial charge is 0.481 e. The van der Waals surface area contributed by atoms with Crippen molar-refractivity contribution in [2.45, 2.75) is 31.8 Å². The minimum absolute atomic E-state index is 0.0517. The molecule has 6 rings (SSSR count). The fourth-order valence-corrected chi connectivity index (χ4v) is 5.87. The third kappa shape index (κ3) is 7.01. The Balaban J connectivity index is 1.09. The Bertz CT molecular complexity index is 1580. The molecular weight excluding hydrogens is 559 g/mol. The molecule has 0 spiro atoms. The highest BCUT2D eigenvalue weighted by atomic mass is 32.1. The van der Waals surface area contributed by atoms with Crippen LogP contribution in [0.25, 0.3) is 20.8 Å². The molecule has 2 fully saturated rings. The number of nitrogens with zero attached hydrogens (tertiary/aromatic N) is 4. The van der Waals surface area contributed by atoms with Crippen molar-refractivity contribution >= 4 is 39.2 Å². The maximum atomic E-state index is 14.9. The number of rotatable bonds is 10. The van der Waals surface area contributed by atoms with Gasteiger partial charge in [0.15, 0.2) is 11.6 Å².